The first-order valence-corrected chi connectivity index (χ1v) is 6.63. The van der Waals surface area contributed by atoms with Crippen molar-refractivity contribution in [3.63, 3.8) is 0 Å². The van der Waals surface area contributed by atoms with Gasteiger partial charge in [0.15, 0.2) is 0 Å². The van der Waals surface area contributed by atoms with Crippen LogP contribution in [0, 0.1) is 10.1 Å². The van der Waals surface area contributed by atoms with Crippen LogP contribution in [-0.2, 0) is 11.2 Å². The van der Waals surface area contributed by atoms with Crippen LogP contribution in [0.4, 0.5) is 18.9 Å². The van der Waals surface area contributed by atoms with Crippen LogP contribution in [0.1, 0.15) is 18.4 Å². The highest BCUT2D eigenvalue weighted by atomic mass is 19.4. The lowest BCUT2D eigenvalue weighted by atomic mass is 10.0. The molecule has 0 aromatic heterocycles. The molecule has 1 atom stereocenters. The number of alkyl halides is 3. The van der Waals surface area contributed by atoms with E-state index in [4.69, 9.17) is 0 Å². The molecule has 1 aliphatic rings. The lowest BCUT2D eigenvalue weighted by molar-refractivity contribution is -0.384. The number of nitrogens with one attached hydrogen (secondary N) is 1. The summed E-state index contributed by atoms with van der Waals surface area (Å²) in [5.41, 5.74) is 2.49. The van der Waals surface area contributed by atoms with E-state index >= 15 is 0 Å². The molecule has 0 saturated carbocycles. The Bertz CT molecular complexity index is 577. The lowest BCUT2D eigenvalue weighted by Crippen LogP contribution is -2.50. The summed E-state index contributed by atoms with van der Waals surface area (Å²) < 4.78 is 39.3. The van der Waals surface area contributed by atoms with Gasteiger partial charge in [0.05, 0.1) is 4.92 Å². The van der Waals surface area contributed by atoms with Crippen molar-refractivity contribution in [2.24, 2.45) is 0 Å². The molecule has 6 nitrogen and oxygen atoms in total. The van der Waals surface area contributed by atoms with Gasteiger partial charge in [-0.1, -0.05) is 12.1 Å². The van der Waals surface area contributed by atoms with Gasteiger partial charge in [0.25, 0.3) is 5.69 Å². The topological polar surface area (TPSA) is 75.5 Å². The van der Waals surface area contributed by atoms with E-state index < -0.39 is 23.0 Å². The maximum absolute atomic E-state index is 13.1. The summed E-state index contributed by atoms with van der Waals surface area (Å²) in [4.78, 5) is 21.2. The predicted octanol–water partition coefficient (Wildman–Crippen LogP) is 2.20. The third kappa shape index (κ3) is 3.94. The average molecular weight is 317 g/mol. The number of carbonyl (C=O) groups is 1. The second-order valence-electron chi connectivity index (χ2n) is 5.00. The van der Waals surface area contributed by atoms with Crippen LogP contribution in [0.5, 0.6) is 0 Å². The number of amides is 1. The maximum Gasteiger partial charge on any atom is 0.405 e. The number of nitro groups is 1. The normalized spacial score (nSPS) is 17.3. The van der Waals surface area contributed by atoms with Gasteiger partial charge >= 0.3 is 6.18 Å². The summed E-state index contributed by atoms with van der Waals surface area (Å²) in [7, 11) is 0. The fourth-order valence-electron chi connectivity index (χ4n) is 2.35. The highest BCUT2D eigenvalue weighted by Gasteiger charge is 2.45. The summed E-state index contributed by atoms with van der Waals surface area (Å²) in [6.07, 6.45) is -4.72. The Balaban J connectivity index is 2.07. The van der Waals surface area contributed by atoms with Crippen molar-refractivity contribution in [1.82, 2.24) is 10.4 Å². The Morgan fingerprint density at radius 3 is 2.68 bits per heavy atom. The number of aryl methyl sites for hydroxylation is 1. The van der Waals surface area contributed by atoms with Gasteiger partial charge in [-0.2, -0.15) is 13.2 Å². The summed E-state index contributed by atoms with van der Waals surface area (Å²) in [6.45, 7) is -0.00204. The minimum absolute atomic E-state index is 0.00204. The predicted molar refractivity (Wildman–Crippen MR) is 70.7 cm³/mol. The molecule has 0 aliphatic carbocycles. The van der Waals surface area contributed by atoms with Crippen molar-refractivity contribution in [1.29, 1.82) is 0 Å². The van der Waals surface area contributed by atoms with Crippen molar-refractivity contribution in [3.8, 4) is 0 Å². The first kappa shape index (κ1) is 16.2. The van der Waals surface area contributed by atoms with E-state index in [0.29, 0.717) is 5.56 Å². The molecule has 1 heterocycles. The molecule has 1 aromatic rings. The molecule has 1 fully saturated rings. The fraction of sp³-hybridized carbons (Fsp3) is 0.462. The van der Waals surface area contributed by atoms with Crippen LogP contribution in [0.25, 0.3) is 0 Å². The Labute approximate surface area is 124 Å². The number of nitro benzene ring substituents is 1. The molecule has 1 unspecified atom stereocenters. The van der Waals surface area contributed by atoms with Crippen molar-refractivity contribution < 1.29 is 22.9 Å². The summed E-state index contributed by atoms with van der Waals surface area (Å²) >= 11 is 0. The number of non-ortho nitro benzene ring substituents is 1. The SMILES string of the molecule is O=C1CCN(C(CCc2cccc([N+](=O)[O-])c2)C(F)(F)F)N1. The van der Waals surface area contributed by atoms with E-state index in [-0.39, 0.29) is 31.5 Å². The van der Waals surface area contributed by atoms with E-state index in [1.54, 1.807) is 6.07 Å². The molecule has 0 bridgehead atoms. The van der Waals surface area contributed by atoms with Crippen LogP contribution in [0.3, 0.4) is 0 Å². The molecule has 1 aliphatic heterocycles. The number of hydrogen-bond acceptors (Lipinski definition) is 4. The van der Waals surface area contributed by atoms with Crippen molar-refractivity contribution in [3.05, 3.63) is 39.9 Å². The second kappa shape index (κ2) is 6.30. The quantitative estimate of drug-likeness (QED) is 0.667. The summed E-state index contributed by atoms with van der Waals surface area (Å²) in [6, 6.07) is 3.72. The van der Waals surface area contributed by atoms with Crippen LogP contribution in [0.15, 0.2) is 24.3 Å². The first-order chi connectivity index (χ1) is 10.3. The van der Waals surface area contributed by atoms with Crippen LogP contribution in [0.2, 0.25) is 0 Å². The van der Waals surface area contributed by atoms with Gasteiger partial charge < -0.3 is 0 Å². The largest absolute Gasteiger partial charge is 0.405 e. The minimum atomic E-state index is -4.49. The van der Waals surface area contributed by atoms with E-state index in [2.05, 4.69) is 5.43 Å². The molecular weight excluding hydrogens is 303 g/mol. The highest BCUT2D eigenvalue weighted by Crippen LogP contribution is 2.29. The smallest absolute Gasteiger partial charge is 0.288 e. The van der Waals surface area contributed by atoms with Gasteiger partial charge in [0, 0.05) is 25.1 Å². The zero-order valence-corrected chi connectivity index (χ0v) is 11.5. The van der Waals surface area contributed by atoms with Crippen LogP contribution in [-0.4, -0.2) is 34.6 Å². The molecule has 0 radical (unpaired) electrons. The van der Waals surface area contributed by atoms with Crippen molar-refractivity contribution in [2.75, 3.05) is 6.54 Å². The third-order valence-electron chi connectivity index (χ3n) is 3.43. The maximum atomic E-state index is 13.1. The van der Waals surface area contributed by atoms with Crippen molar-refractivity contribution in [2.45, 2.75) is 31.5 Å². The number of halogens is 3. The van der Waals surface area contributed by atoms with Gasteiger partial charge in [-0.15, -0.1) is 0 Å². The van der Waals surface area contributed by atoms with E-state index in [1.165, 1.54) is 18.2 Å². The average Bonchev–Trinajstić information content (AvgIpc) is 2.84. The van der Waals surface area contributed by atoms with Gasteiger partial charge in [-0.3, -0.25) is 20.3 Å². The number of carbonyl (C=O) groups excluding carboxylic acids is 1. The Hall–Kier alpha value is -2.16. The molecule has 9 heteroatoms. The molecule has 1 saturated heterocycles. The lowest BCUT2D eigenvalue weighted by Gasteiger charge is -2.28. The molecular formula is C13H14F3N3O3. The van der Waals surface area contributed by atoms with Crippen LogP contribution >= 0.6 is 0 Å². The van der Waals surface area contributed by atoms with E-state index in [0.717, 1.165) is 5.01 Å². The van der Waals surface area contributed by atoms with Gasteiger partial charge in [0.2, 0.25) is 5.91 Å². The van der Waals surface area contributed by atoms with E-state index in [9.17, 15) is 28.1 Å². The van der Waals surface area contributed by atoms with Gasteiger partial charge in [0.1, 0.15) is 6.04 Å². The molecule has 1 aromatic carbocycles. The fourth-order valence-corrected chi connectivity index (χ4v) is 2.35. The summed E-state index contributed by atoms with van der Waals surface area (Å²) in [5.74, 6) is -0.440. The molecule has 2 rings (SSSR count). The zero-order valence-electron chi connectivity index (χ0n) is 11.5. The Morgan fingerprint density at radius 1 is 1.41 bits per heavy atom. The monoisotopic (exact) mass is 317 g/mol. The van der Waals surface area contributed by atoms with Crippen molar-refractivity contribution >= 4 is 11.6 Å². The molecule has 0 spiro atoms. The number of hydrogen-bond donors (Lipinski definition) is 1. The Morgan fingerprint density at radius 2 is 2.14 bits per heavy atom. The molecule has 1 amide bonds. The molecule has 1 N–H and O–H groups in total. The number of nitrogens with zero attached hydrogens (tertiary/aromatic N) is 2. The number of rotatable bonds is 5. The first-order valence-electron chi connectivity index (χ1n) is 6.63. The zero-order chi connectivity index (χ0) is 16.3. The molecule has 120 valence electrons. The van der Waals surface area contributed by atoms with Crippen LogP contribution < -0.4 is 5.43 Å². The third-order valence-corrected chi connectivity index (χ3v) is 3.43. The number of benzene rings is 1. The van der Waals surface area contributed by atoms with E-state index in [1.807, 2.05) is 0 Å². The van der Waals surface area contributed by atoms with Gasteiger partial charge in [-0.05, 0) is 18.4 Å². The molecule has 22 heavy (non-hydrogen) atoms. The summed E-state index contributed by atoms with van der Waals surface area (Å²) in [5, 5.41) is 11.6. The number of hydrazine groups is 1. The van der Waals surface area contributed by atoms with Gasteiger partial charge in [-0.25, -0.2) is 5.01 Å². The Kier molecular flexibility index (Phi) is 4.65. The highest BCUT2D eigenvalue weighted by molar-refractivity contribution is 5.77. The minimum Gasteiger partial charge on any atom is -0.288 e. The second-order valence-corrected chi connectivity index (χ2v) is 5.00. The standard InChI is InChI=1S/C13H14F3N3O3/c14-13(15,16)11(18-7-6-12(20)17-18)5-4-9-2-1-3-10(8-9)19(21)22/h1-3,8,11H,4-7H2,(H,17,20).